The first-order valence-electron chi connectivity index (χ1n) is 19.2. The molecule has 0 aliphatic carbocycles. The van der Waals surface area contributed by atoms with Crippen molar-refractivity contribution in [1.82, 2.24) is 0 Å². The van der Waals surface area contributed by atoms with Gasteiger partial charge >= 0.3 is 0 Å². The van der Waals surface area contributed by atoms with E-state index in [0.29, 0.717) is 18.2 Å². The number of nitrogens with zero attached hydrogens (tertiary/aromatic N) is 4. The zero-order chi connectivity index (χ0) is 38.6. The van der Waals surface area contributed by atoms with Crippen LogP contribution in [0, 0.1) is 0 Å². The number of anilines is 2. The predicted molar refractivity (Wildman–Crippen MR) is 240 cm³/mol. The van der Waals surface area contributed by atoms with Crippen LogP contribution < -0.4 is 4.90 Å². The first kappa shape index (κ1) is 35.3. The lowest BCUT2D eigenvalue weighted by molar-refractivity contribution is 0.668. The van der Waals surface area contributed by atoms with Crippen LogP contribution in [0.5, 0.6) is 0 Å². The van der Waals surface area contributed by atoms with Gasteiger partial charge in [0.25, 0.3) is 0 Å². The Morgan fingerprint density at radius 3 is 2.11 bits per heavy atom. The first-order chi connectivity index (χ1) is 28.1. The standard InChI is InChI=1S/C52H40N4O/c1-36(24-26-43-35-56(44-18-7-4-8-19-44)48-22-11-9-20-45(43)48)51(54-34-37-25-31-47-46-21-10-12-23-49(46)57-50(47)32-37)55-52(53-2)40-29-27-39(28-30-40)42-17-13-16-41(33-42)38-14-5-3-6-15-38/h3-33H,2,34-35H2,1H3/b36-24+,43-26+,54-51-,55-52-. The molecule has 5 nitrogen and oxygen atoms in total. The van der Waals surface area contributed by atoms with Gasteiger partial charge in [0.1, 0.15) is 11.2 Å². The van der Waals surface area contributed by atoms with Gasteiger partial charge in [-0.15, -0.1) is 0 Å². The van der Waals surface area contributed by atoms with Gasteiger partial charge in [0, 0.05) is 39.8 Å². The van der Waals surface area contributed by atoms with E-state index in [1.807, 2.05) is 24.3 Å². The van der Waals surface area contributed by atoms with Crippen molar-refractivity contribution in [2.24, 2.45) is 15.0 Å². The van der Waals surface area contributed by atoms with Crippen molar-refractivity contribution in [3.63, 3.8) is 0 Å². The van der Waals surface area contributed by atoms with E-state index in [-0.39, 0.29) is 0 Å². The fraction of sp³-hybridized carbons (Fsp3) is 0.0577. The van der Waals surface area contributed by atoms with Gasteiger partial charge in [-0.1, -0.05) is 152 Å². The molecule has 0 fully saturated rings. The van der Waals surface area contributed by atoms with Crippen molar-refractivity contribution in [2.45, 2.75) is 13.5 Å². The van der Waals surface area contributed by atoms with Crippen molar-refractivity contribution in [3.05, 3.63) is 210 Å². The molecular weight excluding hydrogens is 697 g/mol. The number of fused-ring (bicyclic) bond motifs is 4. The second kappa shape index (κ2) is 15.8. The topological polar surface area (TPSA) is 53.5 Å². The quantitative estimate of drug-likeness (QED) is 0.115. The molecule has 1 aliphatic rings. The number of furan rings is 1. The summed E-state index contributed by atoms with van der Waals surface area (Å²) in [7, 11) is 0. The maximum absolute atomic E-state index is 6.20. The maximum Gasteiger partial charge on any atom is 0.160 e. The van der Waals surface area contributed by atoms with Crippen LogP contribution >= 0.6 is 0 Å². The minimum absolute atomic E-state index is 0.416. The molecule has 0 N–H and O–H groups in total. The van der Waals surface area contributed by atoms with Crippen molar-refractivity contribution < 1.29 is 4.42 Å². The Kier molecular flexibility index (Phi) is 9.78. The molecule has 0 unspecified atom stereocenters. The lowest BCUT2D eigenvalue weighted by Crippen LogP contribution is -2.12. The van der Waals surface area contributed by atoms with Gasteiger partial charge in [-0.05, 0) is 89.0 Å². The van der Waals surface area contributed by atoms with Gasteiger partial charge in [0.2, 0.25) is 0 Å². The second-order valence-corrected chi connectivity index (χ2v) is 14.2. The average Bonchev–Trinajstić information content (AvgIpc) is 3.84. The van der Waals surface area contributed by atoms with E-state index >= 15 is 0 Å². The van der Waals surface area contributed by atoms with Crippen LogP contribution in [0.3, 0.4) is 0 Å². The summed E-state index contributed by atoms with van der Waals surface area (Å²) in [6.07, 6.45) is 4.32. The van der Waals surface area contributed by atoms with E-state index in [9.17, 15) is 0 Å². The van der Waals surface area contributed by atoms with Crippen LogP contribution in [0.2, 0.25) is 0 Å². The predicted octanol–water partition coefficient (Wildman–Crippen LogP) is 13.1. The summed E-state index contributed by atoms with van der Waals surface area (Å²) in [5.41, 5.74) is 13.9. The summed E-state index contributed by atoms with van der Waals surface area (Å²) in [6, 6.07) is 60.9. The Labute approximate surface area is 333 Å². The number of hydrogen-bond acceptors (Lipinski definition) is 3. The van der Waals surface area contributed by atoms with Gasteiger partial charge in [-0.3, -0.25) is 4.99 Å². The van der Waals surface area contributed by atoms with Crippen LogP contribution in [-0.2, 0) is 6.54 Å². The van der Waals surface area contributed by atoms with Gasteiger partial charge in [-0.2, -0.15) is 0 Å². The van der Waals surface area contributed by atoms with E-state index in [4.69, 9.17) is 14.4 Å². The number of aliphatic imine (C=N–C) groups is 3. The molecule has 57 heavy (non-hydrogen) atoms. The summed E-state index contributed by atoms with van der Waals surface area (Å²) < 4.78 is 6.20. The molecule has 5 heteroatoms. The minimum Gasteiger partial charge on any atom is -0.456 e. The lowest BCUT2D eigenvalue weighted by atomic mass is 9.98. The minimum atomic E-state index is 0.416. The van der Waals surface area contributed by atoms with Crippen molar-refractivity contribution >= 4 is 57.3 Å². The van der Waals surface area contributed by atoms with Crippen molar-refractivity contribution in [2.75, 3.05) is 11.4 Å². The molecule has 1 aliphatic heterocycles. The highest BCUT2D eigenvalue weighted by atomic mass is 16.3. The number of amidine groups is 2. The average molecular weight is 737 g/mol. The highest BCUT2D eigenvalue weighted by molar-refractivity contribution is 6.12. The molecule has 274 valence electrons. The molecule has 2 heterocycles. The van der Waals surface area contributed by atoms with Crippen LogP contribution in [0.25, 0.3) is 49.8 Å². The molecule has 0 saturated carbocycles. The van der Waals surface area contributed by atoms with E-state index in [0.717, 1.165) is 56.3 Å². The number of para-hydroxylation sites is 3. The van der Waals surface area contributed by atoms with Crippen molar-refractivity contribution in [3.8, 4) is 22.3 Å². The summed E-state index contributed by atoms with van der Waals surface area (Å²) in [5, 5.41) is 2.20. The van der Waals surface area contributed by atoms with E-state index in [1.165, 1.54) is 33.6 Å². The Morgan fingerprint density at radius 1 is 0.649 bits per heavy atom. The third-order valence-corrected chi connectivity index (χ3v) is 10.5. The first-order valence-corrected chi connectivity index (χ1v) is 19.2. The molecule has 0 bridgehead atoms. The van der Waals surface area contributed by atoms with Crippen LogP contribution in [0.4, 0.5) is 11.4 Å². The molecule has 9 rings (SSSR count). The number of hydrogen-bond donors (Lipinski definition) is 0. The number of rotatable bonds is 8. The van der Waals surface area contributed by atoms with Crippen LogP contribution in [0.1, 0.15) is 23.6 Å². The number of benzene rings is 7. The van der Waals surface area contributed by atoms with Gasteiger partial charge in [-0.25, -0.2) is 9.98 Å². The SMILES string of the molecule is C=N\C(=N/C(=N\Cc1ccc2c(c1)oc1ccccc12)C(/C)=C/C=C1\CN(c2ccccc2)c2ccccc21)c1ccc(-c2cccc(-c3ccccc3)c2)cc1. The third kappa shape index (κ3) is 7.39. The fourth-order valence-electron chi connectivity index (χ4n) is 7.50. The van der Waals surface area contributed by atoms with E-state index in [1.54, 1.807) is 0 Å². The Bertz CT molecular complexity index is 2860. The molecule has 1 aromatic heterocycles. The monoisotopic (exact) mass is 736 g/mol. The fourth-order valence-corrected chi connectivity index (χ4v) is 7.50. The lowest BCUT2D eigenvalue weighted by Gasteiger charge is -2.18. The molecule has 7 aromatic carbocycles. The largest absolute Gasteiger partial charge is 0.456 e. The maximum atomic E-state index is 6.20. The summed E-state index contributed by atoms with van der Waals surface area (Å²) in [4.78, 5) is 17.0. The second-order valence-electron chi connectivity index (χ2n) is 14.2. The highest BCUT2D eigenvalue weighted by Crippen LogP contribution is 2.40. The van der Waals surface area contributed by atoms with E-state index in [2.05, 4.69) is 187 Å². The molecule has 0 radical (unpaired) electrons. The summed E-state index contributed by atoms with van der Waals surface area (Å²) in [6.45, 7) is 7.17. The normalized spacial score (nSPS) is 14.1. The Morgan fingerprint density at radius 2 is 1.32 bits per heavy atom. The molecule has 0 spiro atoms. The molecule has 0 amide bonds. The zero-order valence-electron chi connectivity index (χ0n) is 31.7. The van der Waals surface area contributed by atoms with Crippen molar-refractivity contribution in [1.29, 1.82) is 0 Å². The van der Waals surface area contributed by atoms with Crippen LogP contribution in [0.15, 0.2) is 213 Å². The molecule has 0 saturated heterocycles. The third-order valence-electron chi connectivity index (χ3n) is 10.5. The Balaban J connectivity index is 1.06. The van der Waals surface area contributed by atoms with Crippen LogP contribution in [-0.4, -0.2) is 24.9 Å². The number of allylic oxidation sites excluding steroid dienone is 2. The van der Waals surface area contributed by atoms with E-state index < -0.39 is 0 Å². The van der Waals surface area contributed by atoms with Gasteiger partial charge in [0.15, 0.2) is 11.7 Å². The highest BCUT2D eigenvalue weighted by Gasteiger charge is 2.24. The molecule has 8 aromatic rings. The summed E-state index contributed by atoms with van der Waals surface area (Å²) >= 11 is 0. The zero-order valence-corrected chi connectivity index (χ0v) is 31.7. The molecule has 0 atom stereocenters. The Hall–Kier alpha value is -7.37. The summed E-state index contributed by atoms with van der Waals surface area (Å²) in [5.74, 6) is 1.10. The smallest absolute Gasteiger partial charge is 0.160 e. The molecular formula is C52H40N4O. The van der Waals surface area contributed by atoms with Gasteiger partial charge in [0.05, 0.1) is 6.54 Å². The van der Waals surface area contributed by atoms with Gasteiger partial charge < -0.3 is 9.32 Å².